The van der Waals surface area contributed by atoms with E-state index in [1.165, 1.54) is 0 Å². The molecule has 0 radical (unpaired) electrons. The fourth-order valence-electron chi connectivity index (χ4n) is 1.66. The lowest BCUT2D eigenvalue weighted by molar-refractivity contribution is 0.870. The first kappa shape index (κ1) is 12.4. The highest BCUT2D eigenvalue weighted by atomic mass is 32.1. The fourth-order valence-corrected chi connectivity index (χ4v) is 1.84. The second kappa shape index (κ2) is 5.54. The van der Waals surface area contributed by atoms with Crippen LogP contribution in [0.25, 0.3) is 11.4 Å². The van der Waals surface area contributed by atoms with Crippen molar-refractivity contribution in [2.24, 2.45) is 5.10 Å². The molecule has 3 rings (SSSR count). The predicted octanol–water partition coefficient (Wildman–Crippen LogP) is 2.28. The van der Waals surface area contributed by atoms with Gasteiger partial charge in [0.15, 0.2) is 5.82 Å². The van der Waals surface area contributed by atoms with Gasteiger partial charge in [0.1, 0.15) is 0 Å². The van der Waals surface area contributed by atoms with Crippen LogP contribution in [-0.2, 0) is 0 Å². The van der Waals surface area contributed by atoms with Crippen LogP contribution in [0.4, 0.5) is 0 Å². The zero-order valence-electron chi connectivity index (χ0n) is 10.3. The third-order valence-corrected chi connectivity index (χ3v) is 2.85. The Kier molecular flexibility index (Phi) is 3.42. The van der Waals surface area contributed by atoms with Crippen LogP contribution < -0.4 is 0 Å². The predicted molar refractivity (Wildman–Crippen MR) is 77.9 cm³/mol. The lowest BCUT2D eigenvalue weighted by atomic mass is 10.2. The van der Waals surface area contributed by atoms with Crippen LogP contribution in [0, 0.1) is 4.77 Å². The third-order valence-electron chi connectivity index (χ3n) is 2.58. The molecule has 0 aliphatic heterocycles. The lowest BCUT2D eigenvalue weighted by Gasteiger charge is -1.99. The number of hydrogen-bond acceptors (Lipinski definition) is 5. The molecule has 0 bridgehead atoms. The van der Waals surface area contributed by atoms with Gasteiger partial charge in [-0.15, -0.1) is 0 Å². The van der Waals surface area contributed by atoms with Crippen molar-refractivity contribution >= 4 is 18.4 Å². The molecule has 0 fully saturated rings. The van der Waals surface area contributed by atoms with E-state index in [1.807, 2.05) is 30.3 Å². The number of rotatable bonds is 3. The van der Waals surface area contributed by atoms with Crippen molar-refractivity contribution in [1.29, 1.82) is 0 Å². The van der Waals surface area contributed by atoms with E-state index in [9.17, 15) is 0 Å². The van der Waals surface area contributed by atoms with Gasteiger partial charge in [0, 0.05) is 24.2 Å². The molecule has 3 heterocycles. The van der Waals surface area contributed by atoms with Crippen molar-refractivity contribution in [2.45, 2.75) is 0 Å². The summed E-state index contributed by atoms with van der Waals surface area (Å²) in [5, 5.41) is 11.2. The van der Waals surface area contributed by atoms with Gasteiger partial charge in [0.25, 0.3) is 0 Å². The first-order valence-electron chi connectivity index (χ1n) is 5.88. The van der Waals surface area contributed by atoms with Crippen LogP contribution in [0.3, 0.4) is 0 Å². The second-order valence-electron chi connectivity index (χ2n) is 3.90. The molecule has 0 unspecified atom stereocenters. The molecule has 0 aromatic carbocycles. The minimum Gasteiger partial charge on any atom is -0.265 e. The van der Waals surface area contributed by atoms with E-state index < -0.39 is 0 Å². The summed E-state index contributed by atoms with van der Waals surface area (Å²) in [5.74, 6) is 0.629. The van der Waals surface area contributed by atoms with Crippen LogP contribution in [0.2, 0.25) is 0 Å². The zero-order valence-corrected chi connectivity index (χ0v) is 11.2. The van der Waals surface area contributed by atoms with Gasteiger partial charge in [0.2, 0.25) is 4.77 Å². The molecule has 0 amide bonds. The summed E-state index contributed by atoms with van der Waals surface area (Å²) in [6.07, 6.45) is 6.73. The number of pyridine rings is 2. The van der Waals surface area contributed by atoms with Crippen molar-refractivity contribution in [1.82, 2.24) is 24.8 Å². The lowest BCUT2D eigenvalue weighted by Crippen LogP contribution is -1.96. The Labute approximate surface area is 119 Å². The average molecular weight is 282 g/mol. The molecular weight excluding hydrogens is 272 g/mol. The van der Waals surface area contributed by atoms with Crippen LogP contribution in [0.5, 0.6) is 0 Å². The summed E-state index contributed by atoms with van der Waals surface area (Å²) in [5.41, 5.74) is 1.63. The number of hydrogen-bond donors (Lipinski definition) is 1. The summed E-state index contributed by atoms with van der Waals surface area (Å²) >= 11 is 5.18. The minimum absolute atomic E-state index is 0.420. The highest BCUT2D eigenvalue weighted by Crippen LogP contribution is 2.15. The van der Waals surface area contributed by atoms with Gasteiger partial charge < -0.3 is 0 Å². The molecule has 0 aliphatic rings. The Morgan fingerprint density at radius 3 is 2.75 bits per heavy atom. The minimum atomic E-state index is 0.420. The zero-order chi connectivity index (χ0) is 13.8. The topological polar surface area (TPSA) is 71.8 Å². The summed E-state index contributed by atoms with van der Waals surface area (Å²) < 4.78 is 1.98. The highest BCUT2D eigenvalue weighted by Gasteiger charge is 2.07. The molecular formula is C13H10N6S. The van der Waals surface area contributed by atoms with Crippen molar-refractivity contribution in [3.8, 4) is 11.4 Å². The smallest absolute Gasteiger partial charge is 0.216 e. The number of H-pyrrole nitrogens is 1. The van der Waals surface area contributed by atoms with E-state index in [2.05, 4.69) is 25.3 Å². The van der Waals surface area contributed by atoms with Gasteiger partial charge in [0.05, 0.1) is 11.9 Å². The first-order valence-corrected chi connectivity index (χ1v) is 6.28. The Morgan fingerprint density at radius 1 is 1.15 bits per heavy atom. The number of aromatic nitrogens is 5. The fraction of sp³-hybridized carbons (Fsp3) is 0. The maximum Gasteiger partial charge on any atom is 0.216 e. The van der Waals surface area contributed by atoms with E-state index >= 15 is 0 Å². The van der Waals surface area contributed by atoms with Gasteiger partial charge >= 0.3 is 0 Å². The highest BCUT2D eigenvalue weighted by molar-refractivity contribution is 7.71. The van der Waals surface area contributed by atoms with E-state index in [4.69, 9.17) is 12.2 Å². The van der Waals surface area contributed by atoms with Crippen molar-refractivity contribution in [2.75, 3.05) is 0 Å². The number of aromatic amines is 1. The molecule has 0 saturated carbocycles. The second-order valence-corrected chi connectivity index (χ2v) is 4.29. The monoisotopic (exact) mass is 282 g/mol. The van der Waals surface area contributed by atoms with Gasteiger partial charge in [-0.3, -0.25) is 9.97 Å². The van der Waals surface area contributed by atoms with Crippen molar-refractivity contribution < 1.29 is 0 Å². The van der Waals surface area contributed by atoms with E-state index in [1.54, 1.807) is 29.5 Å². The largest absolute Gasteiger partial charge is 0.265 e. The molecule has 6 nitrogen and oxygen atoms in total. The number of nitrogens with one attached hydrogen (secondary N) is 1. The molecule has 0 atom stereocenters. The van der Waals surface area contributed by atoms with Gasteiger partial charge in [-0.05, 0) is 36.5 Å². The quantitative estimate of drug-likeness (QED) is 0.591. The third kappa shape index (κ3) is 2.52. The summed E-state index contributed by atoms with van der Waals surface area (Å²) in [6.45, 7) is 0. The van der Waals surface area contributed by atoms with Crippen molar-refractivity contribution in [3.05, 3.63) is 59.4 Å². The molecule has 0 aliphatic carbocycles. The molecule has 1 N–H and O–H groups in total. The van der Waals surface area contributed by atoms with E-state index in [0.29, 0.717) is 10.6 Å². The molecule has 0 spiro atoms. The summed E-state index contributed by atoms with van der Waals surface area (Å²) in [4.78, 5) is 8.15. The first-order chi connectivity index (χ1) is 9.84. The maximum absolute atomic E-state index is 5.18. The molecule has 0 saturated heterocycles. The summed E-state index contributed by atoms with van der Waals surface area (Å²) in [7, 11) is 0. The van der Waals surface area contributed by atoms with Gasteiger partial charge in [-0.1, -0.05) is 6.07 Å². The Morgan fingerprint density at radius 2 is 2.00 bits per heavy atom. The van der Waals surface area contributed by atoms with Crippen LogP contribution in [0.1, 0.15) is 5.69 Å². The number of nitrogens with zero attached hydrogens (tertiary/aromatic N) is 5. The molecule has 7 heteroatoms. The summed E-state index contributed by atoms with van der Waals surface area (Å²) in [6, 6.07) is 9.30. The molecule has 3 aromatic heterocycles. The Bertz CT molecular complexity index is 775. The normalized spacial score (nSPS) is 11.0. The molecule has 98 valence electrons. The van der Waals surface area contributed by atoms with Gasteiger partial charge in [-0.25, -0.2) is 5.10 Å². The standard InChI is InChI=1S/C13H10N6S/c20-13-18-17-12(10-4-7-14-8-5-10)19(13)16-9-11-3-1-2-6-15-11/h1-9H,(H,18,20). The molecule has 20 heavy (non-hydrogen) atoms. The van der Waals surface area contributed by atoms with E-state index in [0.717, 1.165) is 11.3 Å². The Balaban J connectivity index is 2.01. The van der Waals surface area contributed by atoms with E-state index in [-0.39, 0.29) is 0 Å². The maximum atomic E-state index is 5.18. The van der Waals surface area contributed by atoms with Crippen LogP contribution in [-0.4, -0.2) is 31.1 Å². The van der Waals surface area contributed by atoms with Gasteiger partial charge in [-0.2, -0.15) is 14.9 Å². The molecule has 3 aromatic rings. The van der Waals surface area contributed by atoms with Crippen LogP contribution >= 0.6 is 12.2 Å². The van der Waals surface area contributed by atoms with Crippen molar-refractivity contribution in [3.63, 3.8) is 0 Å². The van der Waals surface area contributed by atoms with Crippen LogP contribution in [0.15, 0.2) is 54.0 Å². The average Bonchev–Trinajstić information content (AvgIpc) is 2.88. The Hall–Kier alpha value is -2.67. The SMILES string of the molecule is S=c1[nH]nc(-c2ccncc2)n1N=Cc1ccccn1.